The van der Waals surface area contributed by atoms with Crippen molar-refractivity contribution < 1.29 is 23.8 Å². The van der Waals surface area contributed by atoms with Crippen LogP contribution in [0.1, 0.15) is 33.6 Å². The number of carbonyl (C=O) groups excluding carboxylic acids is 1. The summed E-state index contributed by atoms with van der Waals surface area (Å²) in [7, 11) is 0. The molecule has 0 bridgehead atoms. The van der Waals surface area contributed by atoms with Gasteiger partial charge in [-0.15, -0.1) is 0 Å². The number of benzene rings is 1. The Hall–Kier alpha value is -1.34. The van der Waals surface area contributed by atoms with Crippen molar-refractivity contribution in [1.29, 1.82) is 0 Å². The van der Waals surface area contributed by atoms with Crippen molar-refractivity contribution in [2.24, 2.45) is 0 Å². The zero-order valence-corrected chi connectivity index (χ0v) is 15.7. The van der Waals surface area contributed by atoms with Gasteiger partial charge in [0.1, 0.15) is 17.8 Å². The lowest BCUT2D eigenvalue weighted by molar-refractivity contribution is -0.0566. The predicted molar refractivity (Wildman–Crippen MR) is 91.6 cm³/mol. The van der Waals surface area contributed by atoms with Gasteiger partial charge in [0.2, 0.25) is 0 Å². The van der Waals surface area contributed by atoms with E-state index < -0.39 is 17.0 Å². The molecule has 24 heavy (non-hydrogen) atoms. The maximum Gasteiger partial charge on any atom is 0.410 e. The SMILES string of the molecule is CC(C)(C)OC(=O)N1CCC(O)(COc2cc(Br)ccc2F)CC1. The largest absolute Gasteiger partial charge is 0.487 e. The summed E-state index contributed by atoms with van der Waals surface area (Å²) in [5.74, 6) is -0.389. The van der Waals surface area contributed by atoms with E-state index >= 15 is 0 Å². The zero-order valence-electron chi connectivity index (χ0n) is 14.1. The molecule has 2 rings (SSSR count). The van der Waals surface area contributed by atoms with Crippen molar-refractivity contribution in [3.63, 3.8) is 0 Å². The molecule has 0 unspecified atom stereocenters. The third-order valence-corrected chi connectivity index (χ3v) is 4.23. The summed E-state index contributed by atoms with van der Waals surface area (Å²) in [5.41, 5.74) is -1.64. The number of aliphatic hydroxyl groups is 1. The first kappa shape index (κ1) is 19.0. The Morgan fingerprint density at radius 2 is 2.00 bits per heavy atom. The fraction of sp³-hybridized carbons (Fsp3) is 0.588. The fourth-order valence-corrected chi connectivity index (χ4v) is 2.72. The first-order chi connectivity index (χ1) is 11.1. The lowest BCUT2D eigenvalue weighted by atomic mass is 9.92. The molecule has 0 aliphatic carbocycles. The molecule has 5 nitrogen and oxygen atoms in total. The van der Waals surface area contributed by atoms with Crippen molar-refractivity contribution >= 4 is 22.0 Å². The number of halogens is 2. The second kappa shape index (κ2) is 7.27. The van der Waals surface area contributed by atoms with Crippen molar-refractivity contribution in [3.05, 3.63) is 28.5 Å². The van der Waals surface area contributed by atoms with Gasteiger partial charge >= 0.3 is 6.09 Å². The first-order valence-electron chi connectivity index (χ1n) is 7.86. The molecule has 1 aromatic rings. The van der Waals surface area contributed by atoms with E-state index in [4.69, 9.17) is 9.47 Å². The van der Waals surface area contributed by atoms with Gasteiger partial charge in [0.25, 0.3) is 0 Å². The van der Waals surface area contributed by atoms with Gasteiger partial charge in [-0.1, -0.05) is 15.9 Å². The van der Waals surface area contributed by atoms with Crippen molar-refractivity contribution in [3.8, 4) is 5.75 Å². The summed E-state index contributed by atoms with van der Waals surface area (Å²) < 4.78 is 25.1. The molecular weight excluding hydrogens is 381 g/mol. The average molecular weight is 404 g/mol. The number of nitrogens with zero attached hydrogens (tertiary/aromatic N) is 1. The standard InChI is InChI=1S/C17H23BrFNO4/c1-16(2,3)24-15(21)20-8-6-17(22,7-9-20)11-23-14-10-12(18)4-5-13(14)19/h4-5,10,22H,6-9,11H2,1-3H3. The zero-order chi connectivity index (χ0) is 18.0. The Balaban J connectivity index is 1.88. The highest BCUT2D eigenvalue weighted by Crippen LogP contribution is 2.27. The molecule has 0 spiro atoms. The Kier molecular flexibility index (Phi) is 5.75. The highest BCUT2D eigenvalue weighted by molar-refractivity contribution is 9.10. The quantitative estimate of drug-likeness (QED) is 0.834. The van der Waals surface area contributed by atoms with Crippen LogP contribution in [0, 0.1) is 5.82 Å². The minimum atomic E-state index is -1.09. The molecule has 1 aromatic carbocycles. The molecule has 1 fully saturated rings. The average Bonchev–Trinajstić information content (AvgIpc) is 2.47. The molecule has 0 radical (unpaired) electrons. The Morgan fingerprint density at radius 1 is 1.38 bits per heavy atom. The molecule has 1 N–H and O–H groups in total. The topological polar surface area (TPSA) is 59.0 Å². The molecule has 1 aliphatic heterocycles. The Labute approximate surface area is 149 Å². The third-order valence-electron chi connectivity index (χ3n) is 3.74. The van der Waals surface area contributed by atoms with E-state index in [0.29, 0.717) is 30.4 Å². The molecule has 1 aliphatic rings. The van der Waals surface area contributed by atoms with Gasteiger partial charge in [0.05, 0.1) is 0 Å². The van der Waals surface area contributed by atoms with E-state index in [1.807, 2.05) is 20.8 Å². The number of rotatable bonds is 3. The van der Waals surface area contributed by atoms with Crippen LogP contribution in [0.5, 0.6) is 5.75 Å². The number of amides is 1. The maximum atomic E-state index is 13.7. The summed E-state index contributed by atoms with van der Waals surface area (Å²) in [5, 5.41) is 10.6. The van der Waals surface area contributed by atoms with Crippen LogP contribution in [0.3, 0.4) is 0 Å². The van der Waals surface area contributed by atoms with Crippen LogP contribution in [-0.4, -0.2) is 47.0 Å². The third kappa shape index (κ3) is 5.34. The lowest BCUT2D eigenvalue weighted by Crippen LogP contribution is -2.50. The molecule has 134 valence electrons. The van der Waals surface area contributed by atoms with Crippen LogP contribution >= 0.6 is 15.9 Å². The number of ether oxygens (including phenoxy) is 2. The number of hydrogen-bond donors (Lipinski definition) is 1. The molecule has 0 atom stereocenters. The fourth-order valence-electron chi connectivity index (χ4n) is 2.38. The highest BCUT2D eigenvalue weighted by atomic mass is 79.9. The van der Waals surface area contributed by atoms with Gasteiger partial charge in [-0.3, -0.25) is 0 Å². The van der Waals surface area contributed by atoms with Crippen LogP contribution in [0.25, 0.3) is 0 Å². The smallest absolute Gasteiger partial charge is 0.410 e. The Bertz CT molecular complexity index is 595. The summed E-state index contributed by atoms with van der Waals surface area (Å²) in [6, 6.07) is 4.40. The molecule has 1 heterocycles. The molecule has 0 aromatic heterocycles. The Morgan fingerprint density at radius 3 is 2.58 bits per heavy atom. The van der Waals surface area contributed by atoms with E-state index in [0.717, 1.165) is 0 Å². The molecule has 1 saturated heterocycles. The van der Waals surface area contributed by atoms with Crippen molar-refractivity contribution in [2.45, 2.75) is 44.8 Å². The number of likely N-dealkylation sites (tertiary alicyclic amines) is 1. The van der Waals surface area contributed by atoms with Crippen LogP contribution in [0.4, 0.5) is 9.18 Å². The van der Waals surface area contributed by atoms with Gasteiger partial charge < -0.3 is 19.5 Å². The van der Waals surface area contributed by atoms with Crippen molar-refractivity contribution in [2.75, 3.05) is 19.7 Å². The van der Waals surface area contributed by atoms with Gasteiger partial charge in [-0.05, 0) is 51.8 Å². The molecule has 7 heteroatoms. The molecule has 0 saturated carbocycles. The van der Waals surface area contributed by atoms with Gasteiger partial charge in [0.15, 0.2) is 11.6 Å². The van der Waals surface area contributed by atoms with Crippen LogP contribution in [-0.2, 0) is 4.74 Å². The highest BCUT2D eigenvalue weighted by Gasteiger charge is 2.36. The summed E-state index contributed by atoms with van der Waals surface area (Å²) >= 11 is 3.26. The van der Waals surface area contributed by atoms with E-state index in [1.54, 1.807) is 11.0 Å². The van der Waals surface area contributed by atoms with Crippen molar-refractivity contribution in [1.82, 2.24) is 4.90 Å². The first-order valence-corrected chi connectivity index (χ1v) is 8.65. The predicted octanol–water partition coefficient (Wildman–Crippen LogP) is 3.73. The van der Waals surface area contributed by atoms with E-state index in [2.05, 4.69) is 15.9 Å². The van der Waals surface area contributed by atoms with Crippen LogP contribution < -0.4 is 4.74 Å². The lowest BCUT2D eigenvalue weighted by Gasteiger charge is -2.38. The monoisotopic (exact) mass is 403 g/mol. The summed E-state index contributed by atoms with van der Waals surface area (Å²) in [6.07, 6.45) is 0.312. The minimum absolute atomic E-state index is 0.0253. The van der Waals surface area contributed by atoms with Gasteiger partial charge in [-0.25, -0.2) is 9.18 Å². The molecule has 1 amide bonds. The number of carbonyl (C=O) groups is 1. The second-order valence-corrected chi connectivity index (χ2v) is 7.97. The number of piperidine rings is 1. The van der Waals surface area contributed by atoms with Crippen LogP contribution in [0.2, 0.25) is 0 Å². The van der Waals surface area contributed by atoms with E-state index in [9.17, 15) is 14.3 Å². The maximum absolute atomic E-state index is 13.7. The minimum Gasteiger partial charge on any atom is -0.487 e. The normalized spacial score (nSPS) is 17.5. The van der Waals surface area contributed by atoms with Gasteiger partial charge in [0, 0.05) is 17.6 Å². The van der Waals surface area contributed by atoms with Gasteiger partial charge in [-0.2, -0.15) is 0 Å². The summed E-state index contributed by atoms with van der Waals surface area (Å²) in [4.78, 5) is 13.6. The van der Waals surface area contributed by atoms with Crippen LogP contribution in [0.15, 0.2) is 22.7 Å². The summed E-state index contributed by atoms with van der Waals surface area (Å²) in [6.45, 7) is 6.15. The number of hydrogen-bond acceptors (Lipinski definition) is 4. The molecular formula is C17H23BrFNO4. The van der Waals surface area contributed by atoms with E-state index in [-0.39, 0.29) is 18.4 Å². The van der Waals surface area contributed by atoms with E-state index in [1.165, 1.54) is 12.1 Å². The second-order valence-electron chi connectivity index (χ2n) is 7.06.